The van der Waals surface area contributed by atoms with E-state index in [2.05, 4.69) is 5.32 Å². The summed E-state index contributed by atoms with van der Waals surface area (Å²) < 4.78 is 0. The van der Waals surface area contributed by atoms with E-state index < -0.39 is 0 Å². The van der Waals surface area contributed by atoms with Crippen LogP contribution in [-0.4, -0.2) is 35.3 Å². The Hall–Kier alpha value is -1.06. The molecule has 0 radical (unpaired) electrons. The lowest BCUT2D eigenvalue weighted by atomic mass is 10.1. The van der Waals surface area contributed by atoms with Gasteiger partial charge in [0.25, 0.3) is 0 Å². The number of rotatable bonds is 4. The molecule has 1 aliphatic heterocycles. The van der Waals surface area contributed by atoms with Gasteiger partial charge in [-0.1, -0.05) is 20.3 Å². The third-order valence-corrected chi connectivity index (χ3v) is 2.93. The van der Waals surface area contributed by atoms with Crippen molar-refractivity contribution in [2.45, 2.75) is 52.1 Å². The van der Waals surface area contributed by atoms with Crippen LogP contribution in [0.4, 0.5) is 0 Å². The molecule has 15 heavy (non-hydrogen) atoms. The van der Waals surface area contributed by atoms with Crippen molar-refractivity contribution in [3.8, 4) is 0 Å². The van der Waals surface area contributed by atoms with Crippen LogP contribution in [0.15, 0.2) is 0 Å². The topological polar surface area (TPSA) is 49.4 Å². The smallest absolute Gasteiger partial charge is 0.245 e. The van der Waals surface area contributed by atoms with Gasteiger partial charge in [-0.05, 0) is 19.8 Å². The summed E-state index contributed by atoms with van der Waals surface area (Å²) in [5.74, 6) is 0.0409. The first-order chi connectivity index (χ1) is 7.10. The molecule has 1 heterocycles. The van der Waals surface area contributed by atoms with Crippen LogP contribution in [-0.2, 0) is 9.59 Å². The Bertz CT molecular complexity index is 253. The van der Waals surface area contributed by atoms with Crippen LogP contribution < -0.4 is 5.32 Å². The Kier molecular flexibility index (Phi) is 4.12. The van der Waals surface area contributed by atoms with Crippen molar-refractivity contribution in [2.24, 2.45) is 0 Å². The molecule has 1 aliphatic rings. The zero-order chi connectivity index (χ0) is 11.4. The average Bonchev–Trinajstić information content (AvgIpc) is 2.22. The summed E-state index contributed by atoms with van der Waals surface area (Å²) in [5, 5.41) is 2.75. The highest BCUT2D eigenvalue weighted by molar-refractivity contribution is 5.94. The second kappa shape index (κ2) is 5.14. The fourth-order valence-electron chi connectivity index (χ4n) is 1.81. The average molecular weight is 212 g/mol. The molecule has 1 fully saturated rings. The van der Waals surface area contributed by atoms with E-state index >= 15 is 0 Å². The lowest BCUT2D eigenvalue weighted by Crippen LogP contribution is -2.60. The maximum atomic E-state index is 12.0. The van der Waals surface area contributed by atoms with E-state index in [4.69, 9.17) is 0 Å². The monoisotopic (exact) mass is 212 g/mol. The lowest BCUT2D eigenvalue weighted by molar-refractivity contribution is -0.146. The second-order valence-electron chi connectivity index (χ2n) is 4.13. The third kappa shape index (κ3) is 2.70. The molecule has 2 unspecified atom stereocenters. The number of hydrogen-bond donors (Lipinski definition) is 1. The van der Waals surface area contributed by atoms with Gasteiger partial charge in [-0.2, -0.15) is 0 Å². The van der Waals surface area contributed by atoms with Gasteiger partial charge < -0.3 is 10.2 Å². The Labute approximate surface area is 91.0 Å². The van der Waals surface area contributed by atoms with Gasteiger partial charge in [-0.25, -0.2) is 0 Å². The largest absolute Gasteiger partial charge is 0.343 e. The summed E-state index contributed by atoms with van der Waals surface area (Å²) in [7, 11) is 0. The first kappa shape index (κ1) is 12.0. The summed E-state index contributed by atoms with van der Waals surface area (Å²) in [6.07, 6.45) is 2.53. The highest BCUT2D eigenvalue weighted by Gasteiger charge is 2.33. The van der Waals surface area contributed by atoms with Crippen molar-refractivity contribution in [1.82, 2.24) is 10.2 Å². The van der Waals surface area contributed by atoms with Gasteiger partial charge in [0.2, 0.25) is 11.8 Å². The van der Waals surface area contributed by atoms with Gasteiger partial charge >= 0.3 is 0 Å². The van der Waals surface area contributed by atoms with Gasteiger partial charge in [0.1, 0.15) is 6.04 Å². The van der Waals surface area contributed by atoms with Gasteiger partial charge in [-0.3, -0.25) is 9.59 Å². The molecule has 2 atom stereocenters. The van der Waals surface area contributed by atoms with Crippen LogP contribution in [0.2, 0.25) is 0 Å². The number of hydrogen-bond acceptors (Lipinski definition) is 2. The van der Waals surface area contributed by atoms with Crippen LogP contribution >= 0.6 is 0 Å². The molecule has 0 saturated carbocycles. The first-order valence-electron chi connectivity index (χ1n) is 5.70. The zero-order valence-electron chi connectivity index (χ0n) is 9.75. The minimum Gasteiger partial charge on any atom is -0.343 e. The molecule has 1 rings (SSSR count). The quantitative estimate of drug-likeness (QED) is 0.753. The van der Waals surface area contributed by atoms with Crippen LogP contribution in [0, 0.1) is 0 Å². The Morgan fingerprint density at radius 3 is 2.67 bits per heavy atom. The fourth-order valence-corrected chi connectivity index (χ4v) is 1.81. The van der Waals surface area contributed by atoms with Crippen molar-refractivity contribution < 1.29 is 9.59 Å². The van der Waals surface area contributed by atoms with Crippen molar-refractivity contribution in [3.05, 3.63) is 0 Å². The van der Waals surface area contributed by atoms with E-state index in [1.54, 1.807) is 4.90 Å². The summed E-state index contributed by atoms with van der Waals surface area (Å²) in [5.41, 5.74) is 0. The third-order valence-electron chi connectivity index (χ3n) is 2.93. The zero-order valence-corrected chi connectivity index (χ0v) is 9.75. The van der Waals surface area contributed by atoms with Crippen LogP contribution in [0.1, 0.15) is 40.0 Å². The van der Waals surface area contributed by atoms with Gasteiger partial charge in [-0.15, -0.1) is 0 Å². The minimum absolute atomic E-state index is 0.0339. The summed E-state index contributed by atoms with van der Waals surface area (Å²) in [4.78, 5) is 25.1. The predicted octanol–water partition coefficient (Wildman–Crippen LogP) is 0.912. The molecule has 0 aromatic heterocycles. The highest BCUT2D eigenvalue weighted by Crippen LogP contribution is 2.12. The van der Waals surface area contributed by atoms with E-state index in [0.29, 0.717) is 0 Å². The van der Waals surface area contributed by atoms with Crippen molar-refractivity contribution in [3.63, 3.8) is 0 Å². The van der Waals surface area contributed by atoms with Gasteiger partial charge in [0, 0.05) is 6.04 Å². The molecular weight excluding hydrogens is 192 g/mol. The molecule has 0 aromatic rings. The number of amides is 2. The van der Waals surface area contributed by atoms with Crippen LogP contribution in [0.5, 0.6) is 0 Å². The summed E-state index contributed by atoms with van der Waals surface area (Å²) >= 11 is 0. The maximum absolute atomic E-state index is 12.0. The Morgan fingerprint density at radius 2 is 2.13 bits per heavy atom. The van der Waals surface area contributed by atoms with Crippen LogP contribution in [0.25, 0.3) is 0 Å². The molecule has 2 amide bonds. The number of nitrogens with zero attached hydrogens (tertiary/aromatic N) is 1. The molecule has 4 nitrogen and oxygen atoms in total. The number of nitrogens with one attached hydrogen (secondary N) is 1. The standard InChI is InChI=1S/C11H20N2O2/c1-4-6-9-11(15)13(8(3)5-2)7-10(14)12-9/h8-9H,4-7H2,1-3H3,(H,12,14). The fraction of sp³-hybridized carbons (Fsp3) is 0.818. The van der Waals surface area contributed by atoms with E-state index in [1.807, 2.05) is 20.8 Å². The Balaban J connectivity index is 2.71. The minimum atomic E-state index is -0.301. The maximum Gasteiger partial charge on any atom is 0.245 e. The van der Waals surface area contributed by atoms with E-state index in [9.17, 15) is 9.59 Å². The van der Waals surface area contributed by atoms with E-state index in [-0.39, 0.29) is 30.4 Å². The molecule has 4 heteroatoms. The molecule has 0 aliphatic carbocycles. The van der Waals surface area contributed by atoms with Crippen molar-refractivity contribution in [2.75, 3.05) is 6.54 Å². The highest BCUT2D eigenvalue weighted by atomic mass is 16.2. The lowest BCUT2D eigenvalue weighted by Gasteiger charge is -2.36. The van der Waals surface area contributed by atoms with Crippen molar-refractivity contribution in [1.29, 1.82) is 0 Å². The first-order valence-corrected chi connectivity index (χ1v) is 5.70. The van der Waals surface area contributed by atoms with Gasteiger partial charge in [0.15, 0.2) is 0 Å². The second-order valence-corrected chi connectivity index (χ2v) is 4.13. The number of carbonyl (C=O) groups excluding carboxylic acids is 2. The van der Waals surface area contributed by atoms with E-state index in [0.717, 1.165) is 19.3 Å². The molecule has 1 saturated heterocycles. The number of carbonyl (C=O) groups is 2. The Morgan fingerprint density at radius 1 is 1.47 bits per heavy atom. The number of piperazine rings is 1. The summed E-state index contributed by atoms with van der Waals surface area (Å²) in [6, 6.07) is -0.145. The molecule has 1 N–H and O–H groups in total. The molecule has 0 spiro atoms. The molecule has 0 bridgehead atoms. The molecular formula is C11H20N2O2. The van der Waals surface area contributed by atoms with Gasteiger partial charge in [0.05, 0.1) is 6.54 Å². The predicted molar refractivity (Wildman–Crippen MR) is 58.3 cm³/mol. The molecule has 0 aromatic carbocycles. The van der Waals surface area contributed by atoms with E-state index in [1.165, 1.54) is 0 Å². The molecule has 86 valence electrons. The normalized spacial score (nSPS) is 23.9. The van der Waals surface area contributed by atoms with Crippen molar-refractivity contribution >= 4 is 11.8 Å². The van der Waals surface area contributed by atoms with Crippen LogP contribution in [0.3, 0.4) is 0 Å². The summed E-state index contributed by atoms with van der Waals surface area (Å²) in [6.45, 7) is 6.24. The SMILES string of the molecule is CCCC1NC(=O)CN(C(C)CC)C1=O.